The van der Waals surface area contributed by atoms with Gasteiger partial charge in [0.1, 0.15) is 5.56 Å². The second-order valence-electron chi connectivity index (χ2n) is 4.93. The van der Waals surface area contributed by atoms with Gasteiger partial charge in [0, 0.05) is 12.1 Å². The quantitative estimate of drug-likeness (QED) is 0.466. The van der Waals surface area contributed by atoms with Gasteiger partial charge < -0.3 is 5.11 Å². The maximum Gasteiger partial charge on any atom is 0.335 e. The van der Waals surface area contributed by atoms with Gasteiger partial charge in [-0.2, -0.15) is 0 Å². The van der Waals surface area contributed by atoms with E-state index in [1.54, 1.807) is 0 Å². The summed E-state index contributed by atoms with van der Waals surface area (Å²) >= 11 is 0. The normalized spacial score (nSPS) is 11.0. The molecule has 0 aromatic heterocycles. The highest BCUT2D eigenvalue weighted by Crippen LogP contribution is 2.31. The van der Waals surface area contributed by atoms with Crippen molar-refractivity contribution in [3.8, 4) is 0 Å². The van der Waals surface area contributed by atoms with Crippen molar-refractivity contribution in [3.63, 3.8) is 0 Å². The first kappa shape index (κ1) is 18.2. The predicted octanol–water partition coefficient (Wildman–Crippen LogP) is 2.98. The molecule has 2 aromatic carbocycles. The highest BCUT2D eigenvalue weighted by molar-refractivity contribution is 5.88. The molecule has 0 fully saturated rings. The van der Waals surface area contributed by atoms with Gasteiger partial charge in [0.15, 0.2) is 0 Å². The zero-order chi connectivity index (χ0) is 19.4. The fourth-order valence-corrected chi connectivity index (χ4v) is 2.11. The Bertz CT molecular complexity index is 950. The molecule has 0 amide bonds. The SMILES string of the molecule is O=C(O)c1ccc(C=C(c2ccc([N+](=O)[O-])cc2[N+](=O)[O-])[N+](=O)[O-])cc1. The van der Waals surface area contributed by atoms with Crippen molar-refractivity contribution in [2.45, 2.75) is 0 Å². The summed E-state index contributed by atoms with van der Waals surface area (Å²) in [7, 11) is 0. The van der Waals surface area contributed by atoms with Crippen LogP contribution >= 0.6 is 0 Å². The van der Waals surface area contributed by atoms with Crippen LogP contribution in [0.25, 0.3) is 11.8 Å². The monoisotopic (exact) mass is 359 g/mol. The van der Waals surface area contributed by atoms with Crippen molar-refractivity contribution in [2.24, 2.45) is 0 Å². The number of hydrogen-bond donors (Lipinski definition) is 1. The molecule has 0 unspecified atom stereocenters. The first-order valence-corrected chi connectivity index (χ1v) is 6.83. The average molecular weight is 359 g/mol. The van der Waals surface area contributed by atoms with Gasteiger partial charge in [-0.1, -0.05) is 12.1 Å². The lowest BCUT2D eigenvalue weighted by atomic mass is 10.1. The van der Waals surface area contributed by atoms with Crippen molar-refractivity contribution in [1.82, 2.24) is 0 Å². The van der Waals surface area contributed by atoms with E-state index >= 15 is 0 Å². The number of carboxylic acids is 1. The van der Waals surface area contributed by atoms with E-state index in [2.05, 4.69) is 0 Å². The summed E-state index contributed by atoms with van der Waals surface area (Å²) in [5, 5.41) is 42.1. The Morgan fingerprint density at radius 3 is 2.00 bits per heavy atom. The van der Waals surface area contributed by atoms with E-state index in [4.69, 9.17) is 5.11 Å². The van der Waals surface area contributed by atoms with Crippen LogP contribution in [-0.2, 0) is 0 Å². The lowest BCUT2D eigenvalue weighted by molar-refractivity contribution is -0.397. The second kappa shape index (κ2) is 7.17. The maximum atomic E-state index is 11.4. The number of hydrogen-bond acceptors (Lipinski definition) is 7. The Hall–Kier alpha value is -4.15. The summed E-state index contributed by atoms with van der Waals surface area (Å²) in [5.74, 6) is -1.18. The Labute approximate surface area is 144 Å². The molecular weight excluding hydrogens is 350 g/mol. The van der Waals surface area contributed by atoms with Gasteiger partial charge >= 0.3 is 5.97 Å². The van der Waals surface area contributed by atoms with Crippen molar-refractivity contribution >= 4 is 29.1 Å². The van der Waals surface area contributed by atoms with E-state index < -0.39 is 43.4 Å². The smallest absolute Gasteiger partial charge is 0.335 e. The van der Waals surface area contributed by atoms with Gasteiger partial charge in [-0.15, -0.1) is 0 Å². The average Bonchev–Trinajstić information content (AvgIpc) is 2.59. The summed E-state index contributed by atoms with van der Waals surface area (Å²) in [6.07, 6.45) is 1.01. The Balaban J connectivity index is 2.60. The van der Waals surface area contributed by atoms with Crippen LogP contribution in [0.3, 0.4) is 0 Å². The molecule has 2 aromatic rings. The van der Waals surface area contributed by atoms with Gasteiger partial charge in [-0.25, -0.2) is 4.79 Å². The summed E-state index contributed by atoms with van der Waals surface area (Å²) in [5.41, 5.74) is -2.23. The molecule has 11 heteroatoms. The standard InChI is InChI=1S/C15H9N3O8/c19-15(20)10-3-1-9(2-4-10)7-13(17(23)24)12-6-5-11(16(21)22)8-14(12)18(25)26/h1-8H,(H,19,20). The molecular formula is C15H9N3O8. The largest absolute Gasteiger partial charge is 0.478 e. The molecule has 0 radical (unpaired) electrons. The van der Waals surface area contributed by atoms with Crippen LogP contribution in [0, 0.1) is 30.3 Å². The van der Waals surface area contributed by atoms with Crippen LogP contribution in [0.15, 0.2) is 42.5 Å². The van der Waals surface area contributed by atoms with Gasteiger partial charge in [0.2, 0.25) is 0 Å². The van der Waals surface area contributed by atoms with Gasteiger partial charge in [-0.05, 0) is 23.8 Å². The number of non-ortho nitro benzene ring substituents is 1. The minimum absolute atomic E-state index is 0.0360. The van der Waals surface area contributed by atoms with Crippen molar-refractivity contribution in [1.29, 1.82) is 0 Å². The topological polar surface area (TPSA) is 167 Å². The molecule has 26 heavy (non-hydrogen) atoms. The predicted molar refractivity (Wildman–Crippen MR) is 88.0 cm³/mol. The third-order valence-electron chi connectivity index (χ3n) is 3.32. The Morgan fingerprint density at radius 1 is 0.923 bits per heavy atom. The van der Waals surface area contributed by atoms with Crippen LogP contribution < -0.4 is 0 Å². The molecule has 0 aliphatic carbocycles. The molecule has 0 bridgehead atoms. The van der Waals surface area contributed by atoms with Crippen LogP contribution in [0.5, 0.6) is 0 Å². The fourth-order valence-electron chi connectivity index (χ4n) is 2.11. The molecule has 2 rings (SSSR count). The number of carbonyl (C=O) groups is 1. The second-order valence-corrected chi connectivity index (χ2v) is 4.93. The van der Waals surface area contributed by atoms with Gasteiger partial charge in [-0.3, -0.25) is 30.3 Å². The van der Waals surface area contributed by atoms with E-state index in [1.165, 1.54) is 24.3 Å². The van der Waals surface area contributed by atoms with E-state index in [1.807, 2.05) is 0 Å². The summed E-state index contributed by atoms with van der Waals surface area (Å²) < 4.78 is 0. The van der Waals surface area contributed by atoms with Crippen LogP contribution in [0.4, 0.5) is 11.4 Å². The molecule has 0 aliphatic rings. The fraction of sp³-hybridized carbons (Fsp3) is 0. The van der Waals surface area contributed by atoms with E-state index in [-0.39, 0.29) is 11.1 Å². The lowest BCUT2D eigenvalue weighted by Crippen LogP contribution is -2.03. The highest BCUT2D eigenvalue weighted by atomic mass is 16.6. The molecule has 11 nitrogen and oxygen atoms in total. The number of aromatic carboxylic acids is 1. The Morgan fingerprint density at radius 2 is 1.54 bits per heavy atom. The van der Waals surface area contributed by atoms with E-state index in [0.717, 1.165) is 18.2 Å². The zero-order valence-electron chi connectivity index (χ0n) is 12.8. The van der Waals surface area contributed by atoms with Crippen LogP contribution in [0.2, 0.25) is 0 Å². The third kappa shape index (κ3) is 3.84. The highest BCUT2D eigenvalue weighted by Gasteiger charge is 2.28. The Kier molecular flexibility index (Phi) is 5.02. The summed E-state index contributed by atoms with van der Waals surface area (Å²) in [6, 6.07) is 7.52. The van der Waals surface area contributed by atoms with Gasteiger partial charge in [0.25, 0.3) is 17.1 Å². The van der Waals surface area contributed by atoms with E-state index in [9.17, 15) is 35.1 Å². The van der Waals surface area contributed by atoms with Crippen molar-refractivity contribution < 1.29 is 24.7 Å². The number of nitro groups is 3. The summed E-state index contributed by atoms with van der Waals surface area (Å²) in [6.45, 7) is 0. The minimum Gasteiger partial charge on any atom is -0.478 e. The van der Waals surface area contributed by atoms with Crippen molar-refractivity contribution in [3.05, 3.63) is 89.5 Å². The molecule has 0 atom stereocenters. The number of nitro benzene ring substituents is 2. The molecule has 0 aliphatic heterocycles. The van der Waals surface area contributed by atoms with Crippen LogP contribution in [0.1, 0.15) is 21.5 Å². The van der Waals surface area contributed by atoms with E-state index in [0.29, 0.717) is 6.07 Å². The molecule has 0 spiro atoms. The molecule has 0 saturated heterocycles. The molecule has 0 heterocycles. The first-order chi connectivity index (χ1) is 12.2. The molecule has 1 N–H and O–H groups in total. The van der Waals surface area contributed by atoms with Crippen LogP contribution in [-0.4, -0.2) is 25.8 Å². The number of rotatable bonds is 6. The van der Waals surface area contributed by atoms with Crippen molar-refractivity contribution in [2.75, 3.05) is 0 Å². The number of nitrogens with zero attached hydrogens (tertiary/aromatic N) is 3. The third-order valence-corrected chi connectivity index (χ3v) is 3.32. The molecule has 0 saturated carbocycles. The zero-order valence-corrected chi connectivity index (χ0v) is 12.8. The number of carboxylic acid groups (broad SMARTS) is 1. The summed E-state index contributed by atoms with van der Waals surface area (Å²) in [4.78, 5) is 41.4. The lowest BCUT2D eigenvalue weighted by Gasteiger charge is -2.02. The molecule has 132 valence electrons. The minimum atomic E-state index is -1.18. The van der Waals surface area contributed by atoms with Gasteiger partial charge in [0.05, 0.1) is 26.4 Å². The maximum absolute atomic E-state index is 11.4. The number of benzene rings is 2. The first-order valence-electron chi connectivity index (χ1n) is 6.83.